The summed E-state index contributed by atoms with van der Waals surface area (Å²) in [6.07, 6.45) is 0. The molecular formula is C20H23BrN2O4. The first-order chi connectivity index (χ1) is 12.8. The van der Waals surface area contributed by atoms with Gasteiger partial charge in [-0.25, -0.2) is 0 Å². The minimum atomic E-state index is -0.261. The molecule has 2 aromatic rings. The summed E-state index contributed by atoms with van der Waals surface area (Å²) in [5, 5.41) is 0. The van der Waals surface area contributed by atoms with E-state index in [4.69, 9.17) is 9.47 Å². The molecular weight excluding hydrogens is 412 g/mol. The molecule has 2 aromatic carbocycles. The van der Waals surface area contributed by atoms with Crippen molar-refractivity contribution < 1.29 is 19.1 Å². The van der Waals surface area contributed by atoms with E-state index in [0.29, 0.717) is 23.7 Å². The number of carbonyl (C=O) groups excluding carboxylic acids is 2. The summed E-state index contributed by atoms with van der Waals surface area (Å²) >= 11 is 3.40. The molecule has 0 aliphatic heterocycles. The van der Waals surface area contributed by atoms with E-state index in [1.54, 1.807) is 39.3 Å². The monoisotopic (exact) mass is 434 g/mol. The zero-order valence-electron chi connectivity index (χ0n) is 15.9. The van der Waals surface area contributed by atoms with E-state index >= 15 is 0 Å². The maximum Gasteiger partial charge on any atom is 0.254 e. The Morgan fingerprint density at radius 3 is 2.26 bits per heavy atom. The zero-order valence-corrected chi connectivity index (χ0v) is 17.4. The molecule has 27 heavy (non-hydrogen) atoms. The number of amides is 2. The Labute approximate surface area is 167 Å². The Bertz CT molecular complexity index is 806. The number of likely N-dealkylation sites (N-methyl/N-ethyl adjacent to an activating group) is 2. The molecule has 2 rings (SSSR count). The lowest BCUT2D eigenvalue weighted by atomic mass is 10.1. The highest BCUT2D eigenvalue weighted by Crippen LogP contribution is 2.29. The normalized spacial score (nSPS) is 10.3. The maximum atomic E-state index is 12.5. The number of hydrogen-bond donors (Lipinski definition) is 0. The van der Waals surface area contributed by atoms with Crippen LogP contribution in [0.4, 0.5) is 0 Å². The Hall–Kier alpha value is -2.54. The summed E-state index contributed by atoms with van der Waals surface area (Å²) in [5.41, 5.74) is 1.44. The van der Waals surface area contributed by atoms with Crippen molar-refractivity contribution >= 4 is 27.7 Å². The van der Waals surface area contributed by atoms with Gasteiger partial charge in [0.1, 0.15) is 6.61 Å². The Balaban J connectivity index is 2.09. The van der Waals surface area contributed by atoms with Crippen LogP contribution in [0, 0.1) is 0 Å². The van der Waals surface area contributed by atoms with Gasteiger partial charge >= 0.3 is 0 Å². The van der Waals surface area contributed by atoms with Crippen molar-refractivity contribution in [2.24, 2.45) is 0 Å². The summed E-state index contributed by atoms with van der Waals surface area (Å²) in [7, 11) is 6.42. The first-order valence-corrected chi connectivity index (χ1v) is 9.12. The van der Waals surface area contributed by atoms with Crippen LogP contribution < -0.4 is 9.47 Å². The smallest absolute Gasteiger partial charge is 0.254 e. The van der Waals surface area contributed by atoms with Crippen LogP contribution in [0.15, 0.2) is 46.9 Å². The number of hydrogen-bond acceptors (Lipinski definition) is 4. The number of benzene rings is 2. The van der Waals surface area contributed by atoms with Crippen LogP contribution in [0.5, 0.6) is 11.5 Å². The third kappa shape index (κ3) is 5.72. The third-order valence-corrected chi connectivity index (χ3v) is 4.46. The molecule has 0 aliphatic carbocycles. The second-order valence-corrected chi connectivity index (χ2v) is 7.15. The molecule has 0 aromatic heterocycles. The van der Waals surface area contributed by atoms with Crippen LogP contribution in [0.3, 0.4) is 0 Å². The van der Waals surface area contributed by atoms with Crippen LogP contribution in [-0.2, 0) is 11.4 Å². The predicted molar refractivity (Wildman–Crippen MR) is 107 cm³/mol. The second-order valence-electron chi connectivity index (χ2n) is 6.23. The Morgan fingerprint density at radius 2 is 1.67 bits per heavy atom. The average molecular weight is 435 g/mol. The molecule has 0 bridgehead atoms. The van der Waals surface area contributed by atoms with Gasteiger partial charge in [-0.15, -0.1) is 0 Å². The number of rotatable bonds is 7. The van der Waals surface area contributed by atoms with Crippen molar-refractivity contribution in [3.05, 3.63) is 58.1 Å². The van der Waals surface area contributed by atoms with Gasteiger partial charge in [0, 0.05) is 31.2 Å². The molecule has 0 aliphatic rings. The van der Waals surface area contributed by atoms with E-state index in [9.17, 15) is 9.59 Å². The van der Waals surface area contributed by atoms with Crippen molar-refractivity contribution in [3.8, 4) is 11.5 Å². The summed E-state index contributed by atoms with van der Waals surface area (Å²) in [5.74, 6) is 0.601. The number of nitrogens with zero attached hydrogens (tertiary/aromatic N) is 2. The highest BCUT2D eigenvalue weighted by atomic mass is 79.9. The van der Waals surface area contributed by atoms with Gasteiger partial charge < -0.3 is 19.3 Å². The molecule has 0 atom stereocenters. The van der Waals surface area contributed by atoms with Gasteiger partial charge in [-0.1, -0.05) is 28.1 Å². The molecule has 144 valence electrons. The lowest BCUT2D eigenvalue weighted by molar-refractivity contribution is -0.129. The van der Waals surface area contributed by atoms with Crippen LogP contribution in [0.1, 0.15) is 15.9 Å². The summed E-state index contributed by atoms with van der Waals surface area (Å²) in [4.78, 5) is 27.2. The highest BCUT2D eigenvalue weighted by Gasteiger charge is 2.18. The zero-order chi connectivity index (χ0) is 20.0. The topological polar surface area (TPSA) is 59.1 Å². The van der Waals surface area contributed by atoms with Crippen LogP contribution in [0.25, 0.3) is 0 Å². The molecule has 0 unspecified atom stereocenters. The molecule has 6 nitrogen and oxygen atoms in total. The van der Waals surface area contributed by atoms with Crippen LogP contribution >= 0.6 is 15.9 Å². The fourth-order valence-corrected chi connectivity index (χ4v) is 2.56. The van der Waals surface area contributed by atoms with Crippen LogP contribution in [0.2, 0.25) is 0 Å². The quantitative estimate of drug-likeness (QED) is 0.671. The second kappa shape index (κ2) is 9.41. The molecule has 0 saturated carbocycles. The van der Waals surface area contributed by atoms with Crippen molar-refractivity contribution in [2.45, 2.75) is 6.61 Å². The minimum Gasteiger partial charge on any atom is -0.493 e. The highest BCUT2D eigenvalue weighted by molar-refractivity contribution is 9.10. The lowest BCUT2D eigenvalue weighted by Crippen LogP contribution is -2.37. The maximum absolute atomic E-state index is 12.5. The number of carbonyl (C=O) groups is 2. The summed E-state index contributed by atoms with van der Waals surface area (Å²) in [6.45, 7) is 0.393. The van der Waals surface area contributed by atoms with Gasteiger partial charge in [0.2, 0.25) is 5.91 Å². The van der Waals surface area contributed by atoms with E-state index in [2.05, 4.69) is 15.9 Å². The number of ether oxygens (including phenoxy) is 2. The van der Waals surface area contributed by atoms with E-state index in [1.165, 1.54) is 16.9 Å². The molecule has 0 N–H and O–H groups in total. The number of halogens is 1. The molecule has 0 heterocycles. The molecule has 0 spiro atoms. The standard InChI is InChI=1S/C20H23BrN2O4/c1-22(2)19(24)12-23(3)20(25)15-7-10-17(18(11-15)26-4)27-13-14-5-8-16(21)9-6-14/h5-11H,12-13H2,1-4H3. The van der Waals surface area contributed by atoms with Crippen molar-refractivity contribution in [3.63, 3.8) is 0 Å². The molecule has 0 fully saturated rings. The van der Waals surface area contributed by atoms with E-state index in [0.717, 1.165) is 10.0 Å². The average Bonchev–Trinajstić information content (AvgIpc) is 2.66. The third-order valence-electron chi connectivity index (χ3n) is 3.94. The van der Waals surface area contributed by atoms with Crippen molar-refractivity contribution in [1.82, 2.24) is 9.80 Å². The summed E-state index contributed by atoms with van der Waals surface area (Å²) in [6, 6.07) is 12.8. The minimum absolute atomic E-state index is 0.00989. The molecule has 7 heteroatoms. The first-order valence-electron chi connectivity index (χ1n) is 8.32. The largest absolute Gasteiger partial charge is 0.493 e. The molecule has 2 amide bonds. The van der Waals surface area contributed by atoms with E-state index in [1.807, 2.05) is 24.3 Å². The Morgan fingerprint density at radius 1 is 1.00 bits per heavy atom. The fourth-order valence-electron chi connectivity index (χ4n) is 2.30. The van der Waals surface area contributed by atoms with Gasteiger partial charge in [0.15, 0.2) is 11.5 Å². The number of methoxy groups -OCH3 is 1. The van der Waals surface area contributed by atoms with Gasteiger partial charge in [0.05, 0.1) is 13.7 Å². The van der Waals surface area contributed by atoms with Crippen molar-refractivity contribution in [2.75, 3.05) is 34.8 Å². The summed E-state index contributed by atoms with van der Waals surface area (Å²) < 4.78 is 12.2. The lowest BCUT2D eigenvalue weighted by Gasteiger charge is -2.20. The fraction of sp³-hybridized carbons (Fsp3) is 0.300. The van der Waals surface area contributed by atoms with Gasteiger partial charge in [0.25, 0.3) is 5.91 Å². The van der Waals surface area contributed by atoms with Gasteiger partial charge in [-0.3, -0.25) is 9.59 Å². The van der Waals surface area contributed by atoms with Gasteiger partial charge in [-0.05, 0) is 35.9 Å². The van der Waals surface area contributed by atoms with Crippen molar-refractivity contribution in [1.29, 1.82) is 0 Å². The first kappa shape index (κ1) is 20.8. The van der Waals surface area contributed by atoms with E-state index in [-0.39, 0.29) is 18.4 Å². The SMILES string of the molecule is COc1cc(C(=O)N(C)CC(=O)N(C)C)ccc1OCc1ccc(Br)cc1. The predicted octanol–water partition coefficient (Wildman–Crippen LogP) is 3.20. The van der Waals surface area contributed by atoms with Gasteiger partial charge in [-0.2, -0.15) is 0 Å². The van der Waals surface area contributed by atoms with E-state index < -0.39 is 0 Å². The molecule has 0 saturated heterocycles. The van der Waals surface area contributed by atoms with Crippen LogP contribution in [-0.4, -0.2) is 56.4 Å². The molecule has 0 radical (unpaired) electrons. The Kier molecular flexibility index (Phi) is 7.24.